The van der Waals surface area contributed by atoms with Crippen molar-refractivity contribution < 1.29 is 26.4 Å². The van der Waals surface area contributed by atoms with Gasteiger partial charge < -0.3 is 10.1 Å². The number of piperidine rings is 1. The normalized spacial score (nSPS) is 18.5. The van der Waals surface area contributed by atoms with Gasteiger partial charge in [-0.3, -0.25) is 4.79 Å². The number of ether oxygens (including phenoxy) is 1. The lowest BCUT2D eigenvalue weighted by Crippen LogP contribution is -2.40. The summed E-state index contributed by atoms with van der Waals surface area (Å²) in [5, 5.41) is 2.77. The number of amides is 1. The minimum Gasteiger partial charge on any atom is -0.379 e. The number of rotatable bonds is 6. The zero-order valence-electron chi connectivity index (χ0n) is 19.1. The van der Waals surface area contributed by atoms with Gasteiger partial charge in [0.25, 0.3) is 5.91 Å². The lowest BCUT2D eigenvalue weighted by Gasteiger charge is -2.26. The van der Waals surface area contributed by atoms with Crippen LogP contribution in [0.4, 0.5) is 5.69 Å². The van der Waals surface area contributed by atoms with Crippen LogP contribution in [-0.4, -0.2) is 70.7 Å². The van der Waals surface area contributed by atoms with Crippen molar-refractivity contribution in [3.8, 4) is 0 Å². The van der Waals surface area contributed by atoms with Crippen molar-refractivity contribution >= 4 is 31.6 Å². The Labute approximate surface area is 200 Å². The molecule has 2 fully saturated rings. The highest BCUT2D eigenvalue weighted by Gasteiger charge is 2.28. The molecule has 0 bridgehead atoms. The van der Waals surface area contributed by atoms with Crippen molar-refractivity contribution in [2.75, 3.05) is 44.7 Å². The van der Waals surface area contributed by atoms with Crippen molar-refractivity contribution in [1.82, 2.24) is 8.61 Å². The molecule has 4 rings (SSSR count). The monoisotopic (exact) mass is 507 g/mol. The predicted molar refractivity (Wildman–Crippen MR) is 128 cm³/mol. The van der Waals surface area contributed by atoms with E-state index in [0.717, 1.165) is 24.8 Å². The lowest BCUT2D eigenvalue weighted by molar-refractivity contribution is 0.0730. The van der Waals surface area contributed by atoms with Crippen molar-refractivity contribution in [2.24, 2.45) is 0 Å². The molecule has 11 heteroatoms. The van der Waals surface area contributed by atoms with E-state index < -0.39 is 26.0 Å². The van der Waals surface area contributed by atoms with E-state index in [4.69, 9.17) is 4.74 Å². The van der Waals surface area contributed by atoms with Gasteiger partial charge in [-0.1, -0.05) is 12.5 Å². The molecule has 184 valence electrons. The number of hydrogen-bond donors (Lipinski definition) is 1. The summed E-state index contributed by atoms with van der Waals surface area (Å²) < 4.78 is 59.6. The zero-order valence-corrected chi connectivity index (χ0v) is 20.7. The number of benzene rings is 2. The van der Waals surface area contributed by atoms with Gasteiger partial charge in [0, 0.05) is 37.4 Å². The summed E-state index contributed by atoms with van der Waals surface area (Å²) in [6.07, 6.45) is 2.70. The molecule has 1 N–H and O–H groups in total. The summed E-state index contributed by atoms with van der Waals surface area (Å²) in [6, 6.07) is 10.4. The summed E-state index contributed by atoms with van der Waals surface area (Å²) in [7, 11) is -7.29. The highest BCUT2D eigenvalue weighted by molar-refractivity contribution is 7.89. The van der Waals surface area contributed by atoms with E-state index in [1.54, 1.807) is 19.1 Å². The highest BCUT2D eigenvalue weighted by Crippen LogP contribution is 2.26. The summed E-state index contributed by atoms with van der Waals surface area (Å²) in [5.74, 6) is -0.453. The molecule has 0 unspecified atom stereocenters. The molecule has 0 saturated carbocycles. The largest absolute Gasteiger partial charge is 0.379 e. The third-order valence-corrected chi connectivity index (χ3v) is 9.94. The molecule has 9 nitrogen and oxygen atoms in total. The first kappa shape index (κ1) is 24.8. The molecule has 2 heterocycles. The Balaban J connectivity index is 1.51. The molecule has 0 spiro atoms. The van der Waals surface area contributed by atoms with E-state index >= 15 is 0 Å². The van der Waals surface area contributed by atoms with Crippen molar-refractivity contribution in [1.29, 1.82) is 0 Å². The van der Waals surface area contributed by atoms with Crippen LogP contribution in [0.3, 0.4) is 0 Å². The van der Waals surface area contributed by atoms with E-state index in [1.165, 1.54) is 38.9 Å². The van der Waals surface area contributed by atoms with Gasteiger partial charge in [-0.05, 0) is 61.7 Å². The molecule has 34 heavy (non-hydrogen) atoms. The number of morpholine rings is 1. The first-order valence-electron chi connectivity index (χ1n) is 11.3. The third kappa shape index (κ3) is 5.18. The van der Waals surface area contributed by atoms with E-state index in [0.29, 0.717) is 45.1 Å². The Morgan fingerprint density at radius 1 is 0.794 bits per heavy atom. The van der Waals surface area contributed by atoms with Crippen LogP contribution in [0.15, 0.2) is 52.3 Å². The van der Waals surface area contributed by atoms with Crippen LogP contribution < -0.4 is 5.32 Å². The maximum absolute atomic E-state index is 13.0. The fourth-order valence-electron chi connectivity index (χ4n) is 4.06. The molecule has 2 aromatic rings. The smallest absolute Gasteiger partial charge is 0.255 e. The average molecular weight is 508 g/mol. The maximum atomic E-state index is 13.0. The topological polar surface area (TPSA) is 113 Å². The Morgan fingerprint density at radius 2 is 1.35 bits per heavy atom. The quantitative estimate of drug-likeness (QED) is 0.643. The number of nitrogens with one attached hydrogen (secondary N) is 1. The minimum absolute atomic E-state index is 0.108. The number of aryl methyl sites for hydroxylation is 1. The highest BCUT2D eigenvalue weighted by atomic mass is 32.2. The summed E-state index contributed by atoms with van der Waals surface area (Å²) in [6.45, 7) is 4.07. The Kier molecular flexibility index (Phi) is 7.39. The SMILES string of the molecule is Cc1ccc(S(=O)(=O)N2CCCCC2)cc1NC(=O)c1ccc(S(=O)(=O)N2CCOCC2)cc1. The predicted octanol–water partition coefficient (Wildman–Crippen LogP) is 2.44. The van der Waals surface area contributed by atoms with Gasteiger partial charge in [0.1, 0.15) is 0 Å². The van der Waals surface area contributed by atoms with Crippen LogP contribution in [0, 0.1) is 6.92 Å². The molecular weight excluding hydrogens is 478 g/mol. The average Bonchev–Trinajstić information content (AvgIpc) is 2.86. The molecule has 0 aliphatic carbocycles. The first-order valence-corrected chi connectivity index (χ1v) is 14.2. The fraction of sp³-hybridized carbons (Fsp3) is 0.435. The van der Waals surface area contributed by atoms with Crippen LogP contribution in [-0.2, 0) is 24.8 Å². The number of sulfonamides is 2. The second-order valence-electron chi connectivity index (χ2n) is 8.44. The van der Waals surface area contributed by atoms with Gasteiger partial charge >= 0.3 is 0 Å². The van der Waals surface area contributed by atoms with Crippen molar-refractivity contribution in [2.45, 2.75) is 36.0 Å². The van der Waals surface area contributed by atoms with Crippen LogP contribution in [0.2, 0.25) is 0 Å². The lowest BCUT2D eigenvalue weighted by atomic mass is 10.1. The minimum atomic E-state index is -3.65. The Bertz CT molecular complexity index is 1250. The molecule has 2 aromatic carbocycles. The van der Waals surface area contributed by atoms with Crippen molar-refractivity contribution in [3.63, 3.8) is 0 Å². The van der Waals surface area contributed by atoms with Gasteiger partial charge in [-0.25, -0.2) is 16.8 Å². The van der Waals surface area contributed by atoms with E-state index in [2.05, 4.69) is 5.32 Å². The summed E-state index contributed by atoms with van der Waals surface area (Å²) in [5.41, 5.74) is 1.38. The number of nitrogens with zero attached hydrogens (tertiary/aromatic N) is 2. The van der Waals surface area contributed by atoms with E-state index in [9.17, 15) is 21.6 Å². The van der Waals surface area contributed by atoms with Gasteiger partial charge in [-0.2, -0.15) is 8.61 Å². The zero-order chi connectivity index (χ0) is 24.3. The van der Waals surface area contributed by atoms with Crippen LogP contribution in [0.5, 0.6) is 0 Å². The Morgan fingerprint density at radius 3 is 2.00 bits per heavy atom. The molecule has 0 aromatic heterocycles. The number of carbonyl (C=O) groups excluding carboxylic acids is 1. The number of anilines is 1. The molecule has 0 radical (unpaired) electrons. The standard InChI is InChI=1S/C23H29N3O6S2/c1-18-5-8-21(34(30,31)25-11-3-2-4-12-25)17-22(18)24-23(27)19-6-9-20(10-7-19)33(28,29)26-13-15-32-16-14-26/h5-10,17H,2-4,11-16H2,1H3,(H,24,27). The number of carbonyl (C=O) groups is 1. The molecular formula is C23H29N3O6S2. The molecule has 2 aliphatic rings. The third-order valence-electron chi connectivity index (χ3n) is 6.13. The fourth-order valence-corrected chi connectivity index (χ4v) is 7.01. The maximum Gasteiger partial charge on any atom is 0.255 e. The van der Waals surface area contributed by atoms with Crippen LogP contribution >= 0.6 is 0 Å². The molecule has 2 saturated heterocycles. The van der Waals surface area contributed by atoms with Crippen LogP contribution in [0.1, 0.15) is 35.2 Å². The second-order valence-corrected chi connectivity index (χ2v) is 12.3. The number of hydrogen-bond acceptors (Lipinski definition) is 6. The molecule has 1 amide bonds. The van der Waals surface area contributed by atoms with Gasteiger partial charge in [0.2, 0.25) is 20.0 Å². The first-order chi connectivity index (χ1) is 16.2. The second kappa shape index (κ2) is 10.1. The van der Waals surface area contributed by atoms with E-state index in [1.807, 2.05) is 0 Å². The molecule has 2 aliphatic heterocycles. The van der Waals surface area contributed by atoms with Crippen LogP contribution in [0.25, 0.3) is 0 Å². The van der Waals surface area contributed by atoms with Crippen molar-refractivity contribution in [3.05, 3.63) is 53.6 Å². The van der Waals surface area contributed by atoms with E-state index in [-0.39, 0.29) is 15.4 Å². The molecule has 0 atom stereocenters. The summed E-state index contributed by atoms with van der Waals surface area (Å²) >= 11 is 0. The van der Waals surface area contributed by atoms with Gasteiger partial charge in [0.05, 0.1) is 23.0 Å². The van der Waals surface area contributed by atoms with Gasteiger partial charge in [-0.15, -0.1) is 0 Å². The summed E-state index contributed by atoms with van der Waals surface area (Å²) in [4.78, 5) is 13.1. The van der Waals surface area contributed by atoms with Gasteiger partial charge in [0.15, 0.2) is 0 Å². The Hall–Kier alpha value is -2.31.